The molecule has 2 aromatic heterocycles. The van der Waals surface area contributed by atoms with E-state index >= 15 is 0 Å². The zero-order chi connectivity index (χ0) is 23.0. The van der Waals surface area contributed by atoms with Gasteiger partial charge in [-0.2, -0.15) is 5.10 Å². The Hall–Kier alpha value is -1.74. The second-order valence-corrected chi connectivity index (χ2v) is 15.0. The third-order valence-corrected chi connectivity index (χ3v) is 10.7. The van der Waals surface area contributed by atoms with Gasteiger partial charge in [-0.25, -0.2) is 4.98 Å². The molecule has 0 aliphatic carbocycles. The monoisotopic (exact) mass is 540 g/mol. The first kappa shape index (κ1) is 23.9. The first-order valence-electron chi connectivity index (χ1n) is 9.62. The summed E-state index contributed by atoms with van der Waals surface area (Å²) in [6.45, 7) is 10.8. The third-order valence-electron chi connectivity index (χ3n) is 5.34. The van der Waals surface area contributed by atoms with Gasteiger partial charge in [0.15, 0.2) is 11.4 Å². The maximum absolute atomic E-state index is 13.2. The molecule has 0 aliphatic heterocycles. The normalized spacial score (nSPS) is 12.1. The number of carbonyl (C=O) groups excluding carboxylic acids is 1. The van der Waals surface area contributed by atoms with E-state index in [0.29, 0.717) is 25.9 Å². The molecule has 1 amide bonds. The van der Waals surface area contributed by atoms with Crippen molar-refractivity contribution in [3.63, 3.8) is 0 Å². The highest BCUT2D eigenvalue weighted by atomic mass is 79.9. The number of nitrogens with one attached hydrogen (secondary N) is 1. The molecule has 0 unspecified atom stereocenters. The molecule has 3 aromatic rings. The van der Waals surface area contributed by atoms with Crippen LogP contribution in [-0.2, 0) is 6.54 Å². The number of hydrogen-bond acceptors (Lipinski definition) is 5. The van der Waals surface area contributed by atoms with Gasteiger partial charge < -0.3 is 9.74 Å². The highest BCUT2D eigenvalue weighted by molar-refractivity contribution is 9.10. The van der Waals surface area contributed by atoms with Crippen LogP contribution in [0.1, 0.15) is 36.8 Å². The molecular formula is C21H23BrCl2N4O2Si. The zero-order valence-corrected chi connectivity index (χ0v) is 22.0. The van der Waals surface area contributed by atoms with Crippen molar-refractivity contribution >= 4 is 64.3 Å². The average Bonchev–Trinajstić information content (AvgIpc) is 2.66. The zero-order valence-electron chi connectivity index (χ0n) is 17.9. The van der Waals surface area contributed by atoms with E-state index in [2.05, 4.69) is 70.3 Å². The number of rotatable bonds is 5. The van der Waals surface area contributed by atoms with Crippen LogP contribution in [0, 0.1) is 0 Å². The average molecular weight is 542 g/mol. The number of hydrogen-bond donors (Lipinski definition) is 1. The second-order valence-electron chi connectivity index (χ2n) is 8.70. The summed E-state index contributed by atoms with van der Waals surface area (Å²) < 4.78 is 7.02. The van der Waals surface area contributed by atoms with Crippen LogP contribution in [0.3, 0.4) is 0 Å². The summed E-state index contributed by atoms with van der Waals surface area (Å²) in [4.78, 5) is 17.7. The Kier molecular flexibility index (Phi) is 6.95. The fourth-order valence-corrected chi connectivity index (χ4v) is 4.70. The Balaban J connectivity index is 2.03. The SMILES string of the molecule is CC(C)(C)[Si](C)(C)Oc1c(C(=O)NCc2cc(Cl)cc(Cl)c2)nc(Br)c2ccnnc12. The molecule has 10 heteroatoms. The minimum atomic E-state index is -2.30. The summed E-state index contributed by atoms with van der Waals surface area (Å²) in [5.74, 6) is -0.0439. The number of amides is 1. The van der Waals surface area contributed by atoms with Gasteiger partial charge in [-0.15, -0.1) is 5.10 Å². The van der Waals surface area contributed by atoms with E-state index < -0.39 is 14.2 Å². The summed E-state index contributed by atoms with van der Waals surface area (Å²) in [5.41, 5.74) is 1.42. The Morgan fingerprint density at radius 1 is 1.19 bits per heavy atom. The fraction of sp³-hybridized carbons (Fsp3) is 0.333. The largest absolute Gasteiger partial charge is 0.540 e. The van der Waals surface area contributed by atoms with Crippen molar-refractivity contribution in [2.75, 3.05) is 0 Å². The first-order valence-corrected chi connectivity index (χ1v) is 14.1. The molecule has 0 saturated heterocycles. The topological polar surface area (TPSA) is 77.0 Å². The Morgan fingerprint density at radius 3 is 2.45 bits per heavy atom. The van der Waals surface area contributed by atoms with E-state index in [0.717, 1.165) is 10.9 Å². The molecule has 164 valence electrons. The summed E-state index contributed by atoms with van der Waals surface area (Å²) in [6.07, 6.45) is 1.58. The van der Waals surface area contributed by atoms with Crippen molar-refractivity contribution in [2.24, 2.45) is 0 Å². The van der Waals surface area contributed by atoms with Crippen molar-refractivity contribution in [1.29, 1.82) is 0 Å². The van der Waals surface area contributed by atoms with Crippen LogP contribution in [-0.4, -0.2) is 29.4 Å². The molecule has 0 radical (unpaired) electrons. The number of fused-ring (bicyclic) bond motifs is 1. The summed E-state index contributed by atoms with van der Waals surface area (Å²) >= 11 is 15.6. The van der Waals surface area contributed by atoms with Crippen LogP contribution >= 0.6 is 39.1 Å². The van der Waals surface area contributed by atoms with E-state index in [1.165, 1.54) is 0 Å². The molecule has 2 heterocycles. The van der Waals surface area contributed by atoms with Crippen LogP contribution in [0.5, 0.6) is 5.75 Å². The van der Waals surface area contributed by atoms with E-state index in [1.54, 1.807) is 30.5 Å². The summed E-state index contributed by atoms with van der Waals surface area (Å²) in [7, 11) is -2.30. The smallest absolute Gasteiger partial charge is 0.274 e. The van der Waals surface area contributed by atoms with Gasteiger partial charge in [0.25, 0.3) is 14.2 Å². The molecule has 0 atom stereocenters. The maximum Gasteiger partial charge on any atom is 0.274 e. The number of benzene rings is 1. The van der Waals surface area contributed by atoms with Crippen LogP contribution in [0.15, 0.2) is 35.1 Å². The molecule has 31 heavy (non-hydrogen) atoms. The number of carbonyl (C=O) groups is 1. The van der Waals surface area contributed by atoms with Gasteiger partial charge in [-0.1, -0.05) is 44.0 Å². The molecule has 3 rings (SSSR count). The highest BCUT2D eigenvalue weighted by Crippen LogP contribution is 2.40. The van der Waals surface area contributed by atoms with E-state index in [1.807, 2.05) is 0 Å². The molecule has 6 nitrogen and oxygen atoms in total. The third kappa shape index (κ3) is 5.37. The van der Waals surface area contributed by atoms with Gasteiger partial charge in [-0.05, 0) is 63.9 Å². The minimum Gasteiger partial charge on any atom is -0.540 e. The van der Waals surface area contributed by atoms with E-state index in [4.69, 9.17) is 27.6 Å². The lowest BCUT2D eigenvalue weighted by atomic mass is 10.2. The molecule has 0 fully saturated rings. The number of halogens is 3. The fourth-order valence-electron chi connectivity index (χ4n) is 2.63. The molecule has 0 spiro atoms. The van der Waals surface area contributed by atoms with Gasteiger partial charge in [0.2, 0.25) is 0 Å². The number of aromatic nitrogens is 3. The molecule has 0 saturated carbocycles. The van der Waals surface area contributed by atoms with Gasteiger partial charge in [0, 0.05) is 22.0 Å². The predicted molar refractivity (Wildman–Crippen MR) is 130 cm³/mol. The van der Waals surface area contributed by atoms with Crippen molar-refractivity contribution in [3.8, 4) is 5.75 Å². The number of pyridine rings is 1. The Morgan fingerprint density at radius 2 is 1.84 bits per heavy atom. The van der Waals surface area contributed by atoms with E-state index in [9.17, 15) is 4.79 Å². The maximum atomic E-state index is 13.2. The van der Waals surface area contributed by atoms with Gasteiger partial charge >= 0.3 is 0 Å². The second kappa shape index (κ2) is 9.01. The molecular weight excluding hydrogens is 519 g/mol. The molecule has 1 aromatic carbocycles. The minimum absolute atomic E-state index is 0.0834. The lowest BCUT2D eigenvalue weighted by Gasteiger charge is -2.36. The first-order chi connectivity index (χ1) is 14.4. The van der Waals surface area contributed by atoms with Crippen LogP contribution in [0.2, 0.25) is 28.2 Å². The van der Waals surface area contributed by atoms with Crippen molar-refractivity contribution in [1.82, 2.24) is 20.5 Å². The van der Waals surface area contributed by atoms with Crippen LogP contribution in [0.25, 0.3) is 10.9 Å². The van der Waals surface area contributed by atoms with Crippen molar-refractivity contribution < 1.29 is 9.22 Å². The predicted octanol–water partition coefficient (Wildman–Crippen LogP) is 6.41. The highest BCUT2D eigenvalue weighted by Gasteiger charge is 2.40. The lowest BCUT2D eigenvalue weighted by molar-refractivity contribution is 0.0944. The Labute approximate surface area is 201 Å². The van der Waals surface area contributed by atoms with Gasteiger partial charge in [-0.3, -0.25) is 4.79 Å². The molecule has 0 bridgehead atoms. The van der Waals surface area contributed by atoms with Crippen molar-refractivity contribution in [2.45, 2.75) is 45.4 Å². The van der Waals surface area contributed by atoms with Gasteiger partial charge in [0.1, 0.15) is 10.1 Å². The summed E-state index contributed by atoms with van der Waals surface area (Å²) in [6, 6.07) is 6.92. The standard InChI is InChI=1S/C21H23BrCl2N4O2Si/c1-21(2,3)31(4,5)30-18-16-15(6-7-26-28-16)19(22)27-17(18)20(29)25-11-12-8-13(23)10-14(24)9-12/h6-10H,11H2,1-5H3,(H,25,29). The van der Waals surface area contributed by atoms with Crippen molar-refractivity contribution in [3.05, 3.63) is 56.4 Å². The van der Waals surface area contributed by atoms with Crippen LogP contribution < -0.4 is 9.74 Å². The Bertz CT molecular complexity index is 1130. The van der Waals surface area contributed by atoms with E-state index in [-0.39, 0.29) is 17.3 Å². The molecule has 0 aliphatic rings. The van der Waals surface area contributed by atoms with Crippen LogP contribution in [0.4, 0.5) is 0 Å². The lowest BCUT2D eigenvalue weighted by Crippen LogP contribution is -2.44. The number of nitrogens with zero attached hydrogens (tertiary/aromatic N) is 3. The summed E-state index contributed by atoms with van der Waals surface area (Å²) in [5, 5.41) is 12.8. The molecule has 1 N–H and O–H groups in total. The van der Waals surface area contributed by atoms with Gasteiger partial charge in [0.05, 0.1) is 6.20 Å². The quantitative estimate of drug-likeness (QED) is 0.298.